The van der Waals surface area contributed by atoms with E-state index in [0.29, 0.717) is 18.7 Å². The molecule has 0 aliphatic rings. The molecule has 0 aliphatic carbocycles. The standard InChI is InChI=1S/C21H21N3O3/c1-2-27-21(26)12-7-16-3-8-18(9-4-16)23-15-20(25)24-19-10-5-17(6-11-19)13-14-22/h3-12,23H,2,13,15H2,1H3,(H,24,25)/b12-7+. The largest absolute Gasteiger partial charge is 0.463 e. The molecule has 2 rings (SSSR count). The predicted molar refractivity (Wildman–Crippen MR) is 105 cm³/mol. The number of nitriles is 1. The number of anilines is 2. The summed E-state index contributed by atoms with van der Waals surface area (Å²) in [6, 6.07) is 16.6. The van der Waals surface area contributed by atoms with E-state index in [9.17, 15) is 9.59 Å². The van der Waals surface area contributed by atoms with Crippen LogP contribution in [-0.4, -0.2) is 25.0 Å². The van der Waals surface area contributed by atoms with Gasteiger partial charge in [0.2, 0.25) is 5.91 Å². The molecule has 6 nitrogen and oxygen atoms in total. The van der Waals surface area contributed by atoms with E-state index in [0.717, 1.165) is 16.8 Å². The summed E-state index contributed by atoms with van der Waals surface area (Å²) < 4.78 is 4.82. The van der Waals surface area contributed by atoms with Gasteiger partial charge >= 0.3 is 5.97 Å². The molecule has 2 aromatic carbocycles. The Morgan fingerprint density at radius 1 is 1.07 bits per heavy atom. The van der Waals surface area contributed by atoms with Gasteiger partial charge in [-0.3, -0.25) is 4.79 Å². The molecule has 2 aromatic rings. The van der Waals surface area contributed by atoms with Gasteiger partial charge in [-0.1, -0.05) is 24.3 Å². The summed E-state index contributed by atoms with van der Waals surface area (Å²) >= 11 is 0. The SMILES string of the molecule is CCOC(=O)/C=C/c1ccc(NCC(=O)Nc2ccc(CC#N)cc2)cc1. The van der Waals surface area contributed by atoms with Crippen molar-refractivity contribution < 1.29 is 14.3 Å². The summed E-state index contributed by atoms with van der Waals surface area (Å²) in [7, 11) is 0. The highest BCUT2D eigenvalue weighted by Crippen LogP contribution is 2.12. The van der Waals surface area contributed by atoms with Crippen LogP contribution in [-0.2, 0) is 20.7 Å². The van der Waals surface area contributed by atoms with Crippen molar-refractivity contribution in [3.63, 3.8) is 0 Å². The highest BCUT2D eigenvalue weighted by atomic mass is 16.5. The van der Waals surface area contributed by atoms with E-state index in [-0.39, 0.29) is 18.4 Å². The number of hydrogen-bond donors (Lipinski definition) is 2. The van der Waals surface area contributed by atoms with Crippen LogP contribution in [0.5, 0.6) is 0 Å². The second kappa shape index (κ2) is 10.4. The fraction of sp³-hybridized carbons (Fsp3) is 0.190. The molecule has 0 fully saturated rings. The van der Waals surface area contributed by atoms with Crippen LogP contribution in [0.4, 0.5) is 11.4 Å². The van der Waals surface area contributed by atoms with Crippen LogP contribution in [0.3, 0.4) is 0 Å². The Labute approximate surface area is 158 Å². The fourth-order valence-electron chi connectivity index (χ4n) is 2.25. The number of amides is 1. The van der Waals surface area contributed by atoms with Gasteiger partial charge in [0.25, 0.3) is 0 Å². The molecule has 0 aromatic heterocycles. The zero-order chi connectivity index (χ0) is 19.5. The number of nitrogens with zero attached hydrogens (tertiary/aromatic N) is 1. The number of benzene rings is 2. The van der Waals surface area contributed by atoms with E-state index < -0.39 is 0 Å². The number of nitrogens with one attached hydrogen (secondary N) is 2. The molecular weight excluding hydrogens is 342 g/mol. The Kier molecular flexibility index (Phi) is 7.61. The Bertz CT molecular complexity index is 834. The van der Waals surface area contributed by atoms with Crippen molar-refractivity contribution in [1.82, 2.24) is 0 Å². The first-order valence-corrected chi connectivity index (χ1v) is 8.55. The van der Waals surface area contributed by atoms with Crippen molar-refractivity contribution in [3.8, 4) is 6.07 Å². The zero-order valence-corrected chi connectivity index (χ0v) is 15.1. The highest BCUT2D eigenvalue weighted by Gasteiger charge is 2.03. The van der Waals surface area contributed by atoms with Crippen LogP contribution in [0.25, 0.3) is 6.08 Å². The second-order valence-corrected chi connectivity index (χ2v) is 5.64. The van der Waals surface area contributed by atoms with Gasteiger partial charge in [0.05, 0.1) is 25.6 Å². The van der Waals surface area contributed by atoms with Gasteiger partial charge in [-0.2, -0.15) is 5.26 Å². The first-order valence-electron chi connectivity index (χ1n) is 8.55. The minimum Gasteiger partial charge on any atom is -0.463 e. The lowest BCUT2D eigenvalue weighted by atomic mass is 10.1. The summed E-state index contributed by atoms with van der Waals surface area (Å²) in [6.45, 7) is 2.22. The van der Waals surface area contributed by atoms with Gasteiger partial charge in [-0.05, 0) is 48.4 Å². The van der Waals surface area contributed by atoms with Crippen molar-refractivity contribution in [2.24, 2.45) is 0 Å². The smallest absolute Gasteiger partial charge is 0.330 e. The molecule has 0 aliphatic heterocycles. The average molecular weight is 363 g/mol. The topological polar surface area (TPSA) is 91.2 Å². The number of ether oxygens (including phenoxy) is 1. The average Bonchev–Trinajstić information content (AvgIpc) is 2.67. The van der Waals surface area contributed by atoms with E-state index in [1.54, 1.807) is 25.1 Å². The Morgan fingerprint density at radius 2 is 1.74 bits per heavy atom. The number of carbonyl (C=O) groups is 2. The lowest BCUT2D eigenvalue weighted by molar-refractivity contribution is -0.137. The Balaban J connectivity index is 1.81. The molecule has 138 valence electrons. The van der Waals surface area contributed by atoms with Crippen molar-refractivity contribution in [2.45, 2.75) is 13.3 Å². The Morgan fingerprint density at radius 3 is 2.37 bits per heavy atom. The van der Waals surface area contributed by atoms with Crippen molar-refractivity contribution >= 4 is 29.3 Å². The van der Waals surface area contributed by atoms with Gasteiger partial charge in [-0.25, -0.2) is 4.79 Å². The molecule has 1 amide bonds. The minimum absolute atomic E-state index is 0.123. The molecule has 2 N–H and O–H groups in total. The lowest BCUT2D eigenvalue weighted by Crippen LogP contribution is -2.21. The van der Waals surface area contributed by atoms with Crippen LogP contribution in [0.2, 0.25) is 0 Å². The molecule has 0 spiro atoms. The monoisotopic (exact) mass is 363 g/mol. The molecule has 0 bridgehead atoms. The molecule has 0 atom stereocenters. The number of carbonyl (C=O) groups excluding carboxylic acids is 2. The van der Waals surface area contributed by atoms with Gasteiger partial charge < -0.3 is 15.4 Å². The van der Waals surface area contributed by atoms with Gasteiger partial charge in [0, 0.05) is 17.5 Å². The summed E-state index contributed by atoms with van der Waals surface area (Å²) in [5.41, 5.74) is 3.24. The van der Waals surface area contributed by atoms with Crippen LogP contribution in [0, 0.1) is 11.3 Å². The molecule has 0 heterocycles. The maximum Gasteiger partial charge on any atom is 0.330 e. The quantitative estimate of drug-likeness (QED) is 0.554. The van der Waals surface area contributed by atoms with Crippen molar-refractivity contribution in [1.29, 1.82) is 5.26 Å². The summed E-state index contributed by atoms with van der Waals surface area (Å²) in [5, 5.41) is 14.5. The molecular formula is C21H21N3O3. The van der Waals surface area contributed by atoms with Crippen molar-refractivity contribution in [2.75, 3.05) is 23.8 Å². The van der Waals surface area contributed by atoms with Gasteiger partial charge in [0.1, 0.15) is 0 Å². The molecule has 6 heteroatoms. The van der Waals surface area contributed by atoms with Crippen molar-refractivity contribution in [3.05, 3.63) is 65.7 Å². The third kappa shape index (κ3) is 7.04. The normalized spacial score (nSPS) is 10.2. The highest BCUT2D eigenvalue weighted by molar-refractivity contribution is 5.93. The van der Waals surface area contributed by atoms with E-state index in [1.165, 1.54) is 6.08 Å². The van der Waals surface area contributed by atoms with Crippen LogP contribution in [0.15, 0.2) is 54.6 Å². The molecule has 27 heavy (non-hydrogen) atoms. The molecule has 0 saturated carbocycles. The first kappa shape index (κ1) is 19.7. The third-order valence-electron chi connectivity index (χ3n) is 3.58. The molecule has 0 radical (unpaired) electrons. The van der Waals surface area contributed by atoms with E-state index in [1.807, 2.05) is 36.4 Å². The van der Waals surface area contributed by atoms with Crippen LogP contribution < -0.4 is 10.6 Å². The van der Waals surface area contributed by atoms with Crippen LogP contribution in [0.1, 0.15) is 18.1 Å². The van der Waals surface area contributed by atoms with E-state index in [2.05, 4.69) is 16.7 Å². The predicted octanol–water partition coefficient (Wildman–Crippen LogP) is 3.38. The minimum atomic E-state index is -0.378. The van der Waals surface area contributed by atoms with E-state index in [4.69, 9.17) is 10.00 Å². The summed E-state index contributed by atoms with van der Waals surface area (Å²) in [6.07, 6.45) is 3.40. The maximum atomic E-state index is 12.0. The summed E-state index contributed by atoms with van der Waals surface area (Å²) in [5.74, 6) is -0.550. The molecule has 0 saturated heterocycles. The maximum absolute atomic E-state index is 12.0. The summed E-state index contributed by atoms with van der Waals surface area (Å²) in [4.78, 5) is 23.3. The molecule has 0 unspecified atom stereocenters. The second-order valence-electron chi connectivity index (χ2n) is 5.64. The fourth-order valence-corrected chi connectivity index (χ4v) is 2.25. The lowest BCUT2D eigenvalue weighted by Gasteiger charge is -2.08. The van der Waals surface area contributed by atoms with E-state index >= 15 is 0 Å². The van der Waals surface area contributed by atoms with Crippen LogP contribution >= 0.6 is 0 Å². The zero-order valence-electron chi connectivity index (χ0n) is 15.1. The van der Waals surface area contributed by atoms with Gasteiger partial charge in [0.15, 0.2) is 0 Å². The third-order valence-corrected chi connectivity index (χ3v) is 3.58. The first-order chi connectivity index (χ1) is 13.1. The Hall–Kier alpha value is -3.59. The number of hydrogen-bond acceptors (Lipinski definition) is 5. The van der Waals surface area contributed by atoms with Gasteiger partial charge in [-0.15, -0.1) is 0 Å². The number of esters is 1. The number of rotatable bonds is 8.